The van der Waals surface area contributed by atoms with Crippen molar-refractivity contribution in [1.82, 2.24) is 4.98 Å². The van der Waals surface area contributed by atoms with E-state index in [2.05, 4.69) is 29.5 Å². The number of aromatic nitrogens is 1. The third-order valence-corrected chi connectivity index (χ3v) is 3.95. The highest BCUT2D eigenvalue weighted by molar-refractivity contribution is 6.31. The van der Waals surface area contributed by atoms with Crippen LogP contribution >= 0.6 is 11.6 Å². The van der Waals surface area contributed by atoms with E-state index >= 15 is 0 Å². The lowest BCUT2D eigenvalue weighted by Crippen LogP contribution is -2.16. The minimum Gasteiger partial charge on any atom is -0.381 e. The number of anilines is 2. The van der Waals surface area contributed by atoms with E-state index in [0.717, 1.165) is 17.7 Å². The highest BCUT2D eigenvalue weighted by atomic mass is 35.5. The molecule has 1 unspecified atom stereocenters. The average molecular weight is 318 g/mol. The van der Waals surface area contributed by atoms with Gasteiger partial charge in [-0.2, -0.15) is 0 Å². The maximum atomic E-state index is 12.4. The molecule has 0 spiro atoms. The van der Waals surface area contributed by atoms with Crippen LogP contribution in [0, 0.1) is 6.92 Å². The van der Waals surface area contributed by atoms with E-state index in [9.17, 15) is 4.79 Å². The number of benzene rings is 1. The first-order valence-corrected chi connectivity index (χ1v) is 7.67. The summed E-state index contributed by atoms with van der Waals surface area (Å²) in [5.41, 5.74) is 2.90. The van der Waals surface area contributed by atoms with Crippen molar-refractivity contribution in [3.63, 3.8) is 0 Å². The number of amides is 1. The Hall–Kier alpha value is -2.07. The van der Waals surface area contributed by atoms with Gasteiger partial charge in [-0.1, -0.05) is 24.6 Å². The molecule has 1 aromatic heterocycles. The van der Waals surface area contributed by atoms with Crippen LogP contribution in [0.1, 0.15) is 36.2 Å². The molecule has 1 aromatic carbocycles. The zero-order chi connectivity index (χ0) is 16.1. The van der Waals surface area contributed by atoms with Gasteiger partial charge in [0.15, 0.2) is 0 Å². The summed E-state index contributed by atoms with van der Waals surface area (Å²) in [6.07, 6.45) is 4.27. The third-order valence-electron chi connectivity index (χ3n) is 3.54. The number of carbonyl (C=O) groups is 1. The van der Waals surface area contributed by atoms with Crippen LogP contribution in [0.25, 0.3) is 0 Å². The summed E-state index contributed by atoms with van der Waals surface area (Å²) in [6.45, 7) is 6.06. The fraction of sp³-hybridized carbons (Fsp3) is 0.294. The van der Waals surface area contributed by atoms with Crippen LogP contribution in [-0.4, -0.2) is 16.9 Å². The molecule has 1 heterocycles. The van der Waals surface area contributed by atoms with Gasteiger partial charge < -0.3 is 10.6 Å². The van der Waals surface area contributed by atoms with Crippen LogP contribution in [0.3, 0.4) is 0 Å². The average Bonchev–Trinajstić information content (AvgIpc) is 2.52. The number of pyridine rings is 1. The lowest BCUT2D eigenvalue weighted by atomic mass is 10.1. The molecule has 0 bridgehead atoms. The van der Waals surface area contributed by atoms with Crippen molar-refractivity contribution in [2.24, 2.45) is 0 Å². The molecule has 0 saturated heterocycles. The smallest absolute Gasteiger partial charge is 0.257 e. The van der Waals surface area contributed by atoms with Crippen LogP contribution in [-0.2, 0) is 0 Å². The SMILES string of the molecule is CCC(C)Nc1cncc(C(=O)Nc2cccc(Cl)c2C)c1. The monoisotopic (exact) mass is 317 g/mol. The molecule has 2 N–H and O–H groups in total. The largest absolute Gasteiger partial charge is 0.381 e. The minimum atomic E-state index is -0.203. The molecule has 0 aliphatic rings. The highest BCUT2D eigenvalue weighted by Crippen LogP contribution is 2.23. The lowest BCUT2D eigenvalue weighted by molar-refractivity contribution is 0.102. The fourth-order valence-corrected chi connectivity index (χ4v) is 2.14. The Kier molecular flexibility index (Phi) is 5.39. The molecular formula is C17H20ClN3O. The molecule has 5 heteroatoms. The van der Waals surface area contributed by atoms with Crippen molar-refractivity contribution >= 4 is 28.9 Å². The molecule has 0 fully saturated rings. The Morgan fingerprint density at radius 1 is 1.36 bits per heavy atom. The van der Waals surface area contributed by atoms with Crippen LogP contribution in [0.15, 0.2) is 36.7 Å². The molecular weight excluding hydrogens is 298 g/mol. The molecule has 1 atom stereocenters. The molecule has 2 aromatic rings. The summed E-state index contributed by atoms with van der Waals surface area (Å²) < 4.78 is 0. The van der Waals surface area contributed by atoms with Crippen LogP contribution in [0.5, 0.6) is 0 Å². The molecule has 116 valence electrons. The Morgan fingerprint density at radius 2 is 2.14 bits per heavy atom. The zero-order valence-corrected chi connectivity index (χ0v) is 13.7. The van der Waals surface area contributed by atoms with Crippen LogP contribution in [0.2, 0.25) is 5.02 Å². The first-order chi connectivity index (χ1) is 10.5. The van der Waals surface area contributed by atoms with Gasteiger partial charge in [0, 0.05) is 29.1 Å². The lowest BCUT2D eigenvalue weighted by Gasteiger charge is -2.14. The van der Waals surface area contributed by atoms with Crippen molar-refractivity contribution in [1.29, 1.82) is 0 Å². The van der Waals surface area contributed by atoms with Gasteiger partial charge >= 0.3 is 0 Å². The standard InChI is InChI=1S/C17H20ClN3O/c1-4-11(2)20-14-8-13(9-19-10-14)17(22)21-16-7-5-6-15(18)12(16)3/h5-11,20H,4H2,1-3H3,(H,21,22). The predicted molar refractivity (Wildman–Crippen MR) is 91.8 cm³/mol. The number of hydrogen-bond donors (Lipinski definition) is 2. The van der Waals surface area contributed by atoms with Crippen molar-refractivity contribution in [3.8, 4) is 0 Å². The summed E-state index contributed by atoms with van der Waals surface area (Å²) in [7, 11) is 0. The van der Waals surface area contributed by atoms with Gasteiger partial charge in [-0.3, -0.25) is 9.78 Å². The summed E-state index contributed by atoms with van der Waals surface area (Å²) >= 11 is 6.07. The summed E-state index contributed by atoms with van der Waals surface area (Å²) in [4.78, 5) is 16.5. The predicted octanol–water partition coefficient (Wildman–Crippen LogP) is 4.51. The van der Waals surface area contributed by atoms with Crippen molar-refractivity contribution in [2.75, 3.05) is 10.6 Å². The van der Waals surface area contributed by atoms with E-state index < -0.39 is 0 Å². The van der Waals surface area contributed by atoms with E-state index in [1.165, 1.54) is 0 Å². The first kappa shape index (κ1) is 16.3. The molecule has 0 aliphatic carbocycles. The Bertz CT molecular complexity index is 673. The first-order valence-electron chi connectivity index (χ1n) is 7.29. The van der Waals surface area contributed by atoms with Gasteiger partial charge in [-0.05, 0) is 44.0 Å². The maximum Gasteiger partial charge on any atom is 0.257 e. The molecule has 0 radical (unpaired) electrons. The number of rotatable bonds is 5. The molecule has 4 nitrogen and oxygen atoms in total. The second-order valence-corrected chi connectivity index (χ2v) is 5.69. The van der Waals surface area contributed by atoms with E-state index in [1.54, 1.807) is 24.5 Å². The Labute approximate surface area is 135 Å². The molecule has 1 amide bonds. The number of carbonyl (C=O) groups excluding carboxylic acids is 1. The minimum absolute atomic E-state index is 0.203. The number of nitrogens with zero attached hydrogens (tertiary/aromatic N) is 1. The van der Waals surface area contributed by atoms with E-state index in [1.807, 2.05) is 19.1 Å². The summed E-state index contributed by atoms with van der Waals surface area (Å²) in [5, 5.41) is 6.81. The summed E-state index contributed by atoms with van der Waals surface area (Å²) in [6, 6.07) is 7.56. The second kappa shape index (κ2) is 7.27. The van der Waals surface area contributed by atoms with Crippen molar-refractivity contribution in [2.45, 2.75) is 33.2 Å². The topological polar surface area (TPSA) is 54.0 Å². The van der Waals surface area contributed by atoms with Gasteiger partial charge in [0.1, 0.15) is 0 Å². The number of nitrogens with one attached hydrogen (secondary N) is 2. The van der Waals surface area contributed by atoms with Crippen molar-refractivity contribution < 1.29 is 4.79 Å². The van der Waals surface area contributed by atoms with Crippen LogP contribution < -0.4 is 10.6 Å². The second-order valence-electron chi connectivity index (χ2n) is 5.28. The third kappa shape index (κ3) is 3.98. The van der Waals surface area contributed by atoms with Gasteiger partial charge in [0.2, 0.25) is 0 Å². The normalized spacial score (nSPS) is 11.8. The van der Waals surface area contributed by atoms with Gasteiger partial charge in [-0.25, -0.2) is 0 Å². The Morgan fingerprint density at radius 3 is 2.86 bits per heavy atom. The van der Waals surface area contributed by atoms with E-state index in [4.69, 9.17) is 11.6 Å². The van der Waals surface area contributed by atoms with Gasteiger partial charge in [0.05, 0.1) is 11.3 Å². The zero-order valence-electron chi connectivity index (χ0n) is 13.0. The van der Waals surface area contributed by atoms with Crippen LogP contribution in [0.4, 0.5) is 11.4 Å². The maximum absolute atomic E-state index is 12.4. The quantitative estimate of drug-likeness (QED) is 0.853. The molecule has 22 heavy (non-hydrogen) atoms. The van der Waals surface area contributed by atoms with Gasteiger partial charge in [-0.15, -0.1) is 0 Å². The van der Waals surface area contributed by atoms with E-state index in [-0.39, 0.29) is 5.91 Å². The molecule has 2 rings (SSSR count). The Balaban J connectivity index is 2.16. The highest BCUT2D eigenvalue weighted by Gasteiger charge is 2.10. The van der Waals surface area contributed by atoms with Gasteiger partial charge in [0.25, 0.3) is 5.91 Å². The van der Waals surface area contributed by atoms with E-state index in [0.29, 0.717) is 22.3 Å². The van der Waals surface area contributed by atoms with Crippen molar-refractivity contribution in [3.05, 3.63) is 52.8 Å². The molecule has 0 saturated carbocycles. The molecule has 0 aliphatic heterocycles. The fourth-order valence-electron chi connectivity index (χ4n) is 1.97. The number of halogens is 1. The summed E-state index contributed by atoms with van der Waals surface area (Å²) in [5.74, 6) is -0.203. The number of hydrogen-bond acceptors (Lipinski definition) is 3.